The number of hydrogen-bond acceptors (Lipinski definition) is 3. The Labute approximate surface area is 85.0 Å². The van der Waals surface area contributed by atoms with E-state index in [0.717, 1.165) is 12.2 Å². The minimum atomic E-state index is 0.441. The molecule has 0 spiro atoms. The van der Waals surface area contributed by atoms with Crippen LogP contribution < -0.4 is 4.90 Å². The van der Waals surface area contributed by atoms with Gasteiger partial charge in [-0.3, -0.25) is 0 Å². The van der Waals surface area contributed by atoms with Crippen LogP contribution in [0.1, 0.15) is 25.8 Å². The molecule has 3 heteroatoms. The molecule has 1 atom stereocenters. The predicted molar refractivity (Wildman–Crippen MR) is 57.1 cm³/mol. The molecule has 0 aliphatic carbocycles. The Balaban J connectivity index is 2.91. The lowest BCUT2D eigenvalue weighted by atomic mass is 10.2. The summed E-state index contributed by atoms with van der Waals surface area (Å²) in [6.07, 6.45) is 2.74. The van der Waals surface area contributed by atoms with Gasteiger partial charge in [0.1, 0.15) is 5.82 Å². The molecule has 1 aromatic heterocycles. The van der Waals surface area contributed by atoms with Crippen LogP contribution in [0.25, 0.3) is 0 Å². The predicted octanol–water partition coefficient (Wildman–Crippen LogP) is 2.19. The van der Waals surface area contributed by atoms with Crippen molar-refractivity contribution in [1.82, 2.24) is 4.98 Å². The monoisotopic (exact) mass is 189 g/mol. The fraction of sp³-hybridized carbons (Fsp3) is 0.455. The molecule has 0 amide bonds. The van der Waals surface area contributed by atoms with Crippen molar-refractivity contribution in [3.05, 3.63) is 23.9 Å². The third-order valence-electron chi connectivity index (χ3n) is 2.49. The summed E-state index contributed by atoms with van der Waals surface area (Å²) in [5, 5.41) is 8.74. The molecule has 1 unspecified atom stereocenters. The van der Waals surface area contributed by atoms with Crippen LogP contribution in [0.4, 0.5) is 5.82 Å². The quantitative estimate of drug-likeness (QED) is 0.731. The molecule has 0 bridgehead atoms. The second-order valence-corrected chi connectivity index (χ2v) is 3.38. The van der Waals surface area contributed by atoms with E-state index < -0.39 is 0 Å². The van der Waals surface area contributed by atoms with Gasteiger partial charge in [0, 0.05) is 19.3 Å². The van der Waals surface area contributed by atoms with E-state index in [9.17, 15) is 0 Å². The minimum absolute atomic E-state index is 0.441. The molecule has 3 nitrogen and oxygen atoms in total. The molecule has 0 saturated carbocycles. The number of hydrogen-bond donors (Lipinski definition) is 0. The van der Waals surface area contributed by atoms with E-state index in [-0.39, 0.29) is 0 Å². The van der Waals surface area contributed by atoms with E-state index in [1.807, 2.05) is 13.1 Å². The maximum absolute atomic E-state index is 8.74. The van der Waals surface area contributed by atoms with Crippen LogP contribution in [0.5, 0.6) is 0 Å². The summed E-state index contributed by atoms with van der Waals surface area (Å²) in [5.74, 6) is 0.860. The summed E-state index contributed by atoms with van der Waals surface area (Å²) in [5.41, 5.74) is 0.658. The third-order valence-corrected chi connectivity index (χ3v) is 2.49. The lowest BCUT2D eigenvalue weighted by Gasteiger charge is -2.24. The second kappa shape index (κ2) is 4.61. The molecular weight excluding hydrogens is 174 g/mol. The van der Waals surface area contributed by atoms with Crippen LogP contribution in [-0.2, 0) is 0 Å². The van der Waals surface area contributed by atoms with Gasteiger partial charge in [-0.15, -0.1) is 0 Å². The van der Waals surface area contributed by atoms with Gasteiger partial charge in [-0.05, 0) is 25.5 Å². The van der Waals surface area contributed by atoms with Crippen LogP contribution in [0.15, 0.2) is 18.3 Å². The van der Waals surface area contributed by atoms with Gasteiger partial charge in [-0.25, -0.2) is 4.98 Å². The number of nitriles is 1. The van der Waals surface area contributed by atoms with Crippen LogP contribution in [0, 0.1) is 11.3 Å². The van der Waals surface area contributed by atoms with Crippen molar-refractivity contribution < 1.29 is 0 Å². The van der Waals surface area contributed by atoms with Crippen molar-refractivity contribution in [3.63, 3.8) is 0 Å². The van der Waals surface area contributed by atoms with Gasteiger partial charge < -0.3 is 4.90 Å². The molecule has 0 aliphatic rings. The van der Waals surface area contributed by atoms with Gasteiger partial charge in [-0.2, -0.15) is 5.26 Å². The van der Waals surface area contributed by atoms with Crippen LogP contribution in [0.2, 0.25) is 0 Å². The summed E-state index contributed by atoms with van der Waals surface area (Å²) in [7, 11) is 2.00. The number of rotatable bonds is 3. The maximum atomic E-state index is 8.74. The minimum Gasteiger partial charge on any atom is -0.357 e. The van der Waals surface area contributed by atoms with Crippen molar-refractivity contribution >= 4 is 5.82 Å². The lowest BCUT2D eigenvalue weighted by Crippen LogP contribution is -2.28. The third kappa shape index (κ3) is 2.23. The Morgan fingerprint density at radius 2 is 2.36 bits per heavy atom. The summed E-state index contributed by atoms with van der Waals surface area (Å²) in [4.78, 5) is 6.32. The number of anilines is 1. The topological polar surface area (TPSA) is 39.9 Å². The fourth-order valence-corrected chi connectivity index (χ4v) is 1.18. The Morgan fingerprint density at radius 1 is 1.64 bits per heavy atom. The largest absolute Gasteiger partial charge is 0.357 e. The van der Waals surface area contributed by atoms with Gasteiger partial charge >= 0.3 is 0 Å². The van der Waals surface area contributed by atoms with E-state index in [1.54, 1.807) is 12.3 Å². The number of aromatic nitrogens is 1. The molecule has 1 heterocycles. The highest BCUT2D eigenvalue weighted by Crippen LogP contribution is 2.14. The first-order chi connectivity index (χ1) is 6.69. The highest BCUT2D eigenvalue weighted by molar-refractivity contribution is 5.44. The van der Waals surface area contributed by atoms with Crippen molar-refractivity contribution in [2.75, 3.05) is 11.9 Å². The van der Waals surface area contributed by atoms with E-state index in [0.29, 0.717) is 11.6 Å². The average Bonchev–Trinajstić information content (AvgIpc) is 2.27. The zero-order chi connectivity index (χ0) is 10.6. The average molecular weight is 189 g/mol. The summed E-state index contributed by atoms with van der Waals surface area (Å²) in [6.45, 7) is 4.27. The molecule has 0 saturated heterocycles. The Hall–Kier alpha value is -1.56. The van der Waals surface area contributed by atoms with Crippen LogP contribution >= 0.6 is 0 Å². The van der Waals surface area contributed by atoms with Gasteiger partial charge in [0.15, 0.2) is 0 Å². The zero-order valence-electron chi connectivity index (χ0n) is 8.86. The van der Waals surface area contributed by atoms with Crippen molar-refractivity contribution in [3.8, 4) is 6.07 Å². The van der Waals surface area contributed by atoms with Crippen LogP contribution in [0.3, 0.4) is 0 Å². The molecule has 0 radical (unpaired) electrons. The van der Waals surface area contributed by atoms with Crippen molar-refractivity contribution in [2.24, 2.45) is 0 Å². The lowest BCUT2D eigenvalue weighted by molar-refractivity contribution is 0.657. The van der Waals surface area contributed by atoms with Crippen molar-refractivity contribution in [1.29, 1.82) is 5.26 Å². The Morgan fingerprint density at radius 3 is 2.93 bits per heavy atom. The molecule has 14 heavy (non-hydrogen) atoms. The summed E-state index contributed by atoms with van der Waals surface area (Å²) < 4.78 is 0. The standard InChI is InChI=1S/C11H15N3/c1-4-9(2)14(3)11-7-10(8-12)5-6-13-11/h5-7,9H,4H2,1-3H3. The maximum Gasteiger partial charge on any atom is 0.129 e. The Bertz CT molecular complexity index is 341. The molecular formula is C11H15N3. The number of pyridine rings is 1. The molecule has 74 valence electrons. The first-order valence-electron chi connectivity index (χ1n) is 4.78. The normalized spacial score (nSPS) is 11.9. The highest BCUT2D eigenvalue weighted by Gasteiger charge is 2.08. The van der Waals surface area contributed by atoms with E-state index in [2.05, 4.69) is 29.8 Å². The SMILES string of the molecule is CCC(C)N(C)c1cc(C#N)ccn1. The fourth-order valence-electron chi connectivity index (χ4n) is 1.18. The second-order valence-electron chi connectivity index (χ2n) is 3.38. The highest BCUT2D eigenvalue weighted by atomic mass is 15.2. The Kier molecular flexibility index (Phi) is 3.47. The first kappa shape index (κ1) is 10.5. The van der Waals surface area contributed by atoms with Gasteiger partial charge in [0.05, 0.1) is 11.6 Å². The molecule has 1 rings (SSSR count). The van der Waals surface area contributed by atoms with Crippen molar-refractivity contribution in [2.45, 2.75) is 26.3 Å². The molecule has 0 fully saturated rings. The smallest absolute Gasteiger partial charge is 0.129 e. The first-order valence-corrected chi connectivity index (χ1v) is 4.78. The number of nitrogens with zero attached hydrogens (tertiary/aromatic N) is 3. The van der Waals surface area contributed by atoms with Crippen LogP contribution in [-0.4, -0.2) is 18.1 Å². The van der Waals surface area contributed by atoms with E-state index in [1.165, 1.54) is 0 Å². The molecule has 0 N–H and O–H groups in total. The van der Waals surface area contributed by atoms with E-state index >= 15 is 0 Å². The molecule has 0 aromatic carbocycles. The molecule has 0 aliphatic heterocycles. The van der Waals surface area contributed by atoms with Gasteiger partial charge in [0.25, 0.3) is 0 Å². The summed E-state index contributed by atoms with van der Waals surface area (Å²) >= 11 is 0. The molecule has 1 aromatic rings. The van der Waals surface area contributed by atoms with Gasteiger partial charge in [0.2, 0.25) is 0 Å². The van der Waals surface area contributed by atoms with E-state index in [4.69, 9.17) is 5.26 Å². The van der Waals surface area contributed by atoms with Gasteiger partial charge in [-0.1, -0.05) is 6.92 Å². The summed E-state index contributed by atoms with van der Waals surface area (Å²) in [6, 6.07) is 6.08. The zero-order valence-corrected chi connectivity index (χ0v) is 8.86.